The molecule has 0 aliphatic rings. The molecule has 0 aliphatic carbocycles. The van der Waals surface area contributed by atoms with Crippen molar-refractivity contribution in [1.82, 2.24) is 10.2 Å². The molecule has 0 amide bonds. The molecule has 5 nitrogen and oxygen atoms in total. The van der Waals surface area contributed by atoms with E-state index in [0.717, 1.165) is 21.9 Å². The lowest BCUT2D eigenvalue weighted by molar-refractivity contribution is 0.0599. The van der Waals surface area contributed by atoms with Gasteiger partial charge in [-0.3, -0.25) is 0 Å². The van der Waals surface area contributed by atoms with Crippen LogP contribution in [0.25, 0.3) is 10.8 Å². The standard InChI is InChI=1S/C13H14N2O3/c1-7-4-9-10(5-14-15-11(9)6-16)8(2)12(7)13(17)18-3/h4-5,16H,6H2,1-3H3. The highest BCUT2D eigenvalue weighted by Gasteiger charge is 2.17. The number of esters is 1. The van der Waals surface area contributed by atoms with E-state index in [1.807, 2.05) is 19.9 Å². The molecule has 0 saturated carbocycles. The summed E-state index contributed by atoms with van der Waals surface area (Å²) in [5.41, 5.74) is 2.65. The van der Waals surface area contributed by atoms with Crippen LogP contribution in [-0.2, 0) is 11.3 Å². The van der Waals surface area contributed by atoms with Gasteiger partial charge in [-0.15, -0.1) is 0 Å². The Morgan fingerprint density at radius 2 is 2.11 bits per heavy atom. The number of hydrogen-bond donors (Lipinski definition) is 1. The molecule has 94 valence electrons. The molecule has 0 bridgehead atoms. The van der Waals surface area contributed by atoms with Crippen molar-refractivity contribution < 1.29 is 14.6 Å². The van der Waals surface area contributed by atoms with E-state index in [1.54, 1.807) is 6.20 Å². The molecule has 0 unspecified atom stereocenters. The summed E-state index contributed by atoms with van der Waals surface area (Å²) in [5, 5.41) is 18.6. The van der Waals surface area contributed by atoms with Gasteiger partial charge in [-0.05, 0) is 31.0 Å². The number of hydrogen-bond acceptors (Lipinski definition) is 5. The first-order chi connectivity index (χ1) is 8.60. The Hall–Kier alpha value is -2.01. The SMILES string of the molecule is COC(=O)c1c(C)cc2c(CO)nncc2c1C. The van der Waals surface area contributed by atoms with Gasteiger partial charge in [-0.2, -0.15) is 10.2 Å². The van der Waals surface area contributed by atoms with E-state index in [9.17, 15) is 9.90 Å². The van der Waals surface area contributed by atoms with Crippen molar-refractivity contribution in [1.29, 1.82) is 0 Å². The van der Waals surface area contributed by atoms with E-state index in [-0.39, 0.29) is 12.6 Å². The molecular formula is C13H14N2O3. The Kier molecular flexibility index (Phi) is 3.25. The number of carbonyl (C=O) groups excluding carboxylic acids is 1. The van der Waals surface area contributed by atoms with E-state index >= 15 is 0 Å². The Bertz CT molecular complexity index is 623. The number of nitrogens with zero attached hydrogens (tertiary/aromatic N) is 2. The molecule has 0 fully saturated rings. The van der Waals surface area contributed by atoms with Crippen molar-refractivity contribution in [2.45, 2.75) is 20.5 Å². The summed E-state index contributed by atoms with van der Waals surface area (Å²) in [4.78, 5) is 11.7. The molecule has 0 radical (unpaired) electrons. The molecule has 1 N–H and O–H groups in total. The average Bonchev–Trinajstić information content (AvgIpc) is 2.37. The van der Waals surface area contributed by atoms with Crippen LogP contribution < -0.4 is 0 Å². The number of ether oxygens (including phenoxy) is 1. The summed E-state index contributed by atoms with van der Waals surface area (Å²) in [7, 11) is 1.36. The summed E-state index contributed by atoms with van der Waals surface area (Å²) in [5.74, 6) is -0.366. The second-order valence-corrected chi connectivity index (χ2v) is 4.10. The Morgan fingerprint density at radius 1 is 1.39 bits per heavy atom. The van der Waals surface area contributed by atoms with Crippen molar-refractivity contribution in [3.8, 4) is 0 Å². The molecule has 1 heterocycles. The lowest BCUT2D eigenvalue weighted by Crippen LogP contribution is -2.08. The zero-order valence-corrected chi connectivity index (χ0v) is 10.5. The quantitative estimate of drug-likeness (QED) is 0.813. The lowest BCUT2D eigenvalue weighted by atomic mass is 9.96. The second kappa shape index (κ2) is 4.70. The predicted octanol–water partition coefficient (Wildman–Crippen LogP) is 1.53. The van der Waals surface area contributed by atoms with E-state index in [1.165, 1.54) is 7.11 Å². The van der Waals surface area contributed by atoms with Crippen molar-refractivity contribution >= 4 is 16.7 Å². The number of methoxy groups -OCH3 is 1. The first-order valence-corrected chi connectivity index (χ1v) is 5.53. The Morgan fingerprint density at radius 3 is 2.72 bits per heavy atom. The minimum atomic E-state index is -0.366. The number of aliphatic hydroxyl groups excluding tert-OH is 1. The maximum Gasteiger partial charge on any atom is 0.338 e. The smallest absolute Gasteiger partial charge is 0.338 e. The van der Waals surface area contributed by atoms with Gasteiger partial charge in [-0.25, -0.2) is 4.79 Å². The number of aryl methyl sites for hydroxylation is 2. The summed E-state index contributed by atoms with van der Waals surface area (Å²) >= 11 is 0. The number of rotatable bonds is 2. The third kappa shape index (κ3) is 1.82. The van der Waals surface area contributed by atoms with Crippen LogP contribution in [-0.4, -0.2) is 28.4 Å². The number of carbonyl (C=O) groups is 1. The zero-order chi connectivity index (χ0) is 13.3. The van der Waals surface area contributed by atoms with Gasteiger partial charge in [0.15, 0.2) is 0 Å². The highest BCUT2D eigenvalue weighted by Crippen LogP contribution is 2.26. The average molecular weight is 246 g/mol. The lowest BCUT2D eigenvalue weighted by Gasteiger charge is -2.12. The number of benzene rings is 1. The molecule has 5 heteroatoms. The number of aliphatic hydroxyl groups is 1. The summed E-state index contributed by atoms with van der Waals surface area (Å²) in [6, 6.07) is 1.83. The zero-order valence-electron chi connectivity index (χ0n) is 10.5. The van der Waals surface area contributed by atoms with Gasteiger partial charge in [-0.1, -0.05) is 0 Å². The van der Waals surface area contributed by atoms with Crippen molar-refractivity contribution in [2.75, 3.05) is 7.11 Å². The van der Waals surface area contributed by atoms with Crippen LogP contribution in [0.2, 0.25) is 0 Å². The molecule has 0 saturated heterocycles. The van der Waals surface area contributed by atoms with Crippen LogP contribution in [0.1, 0.15) is 27.2 Å². The number of fused-ring (bicyclic) bond motifs is 1. The van der Waals surface area contributed by atoms with Gasteiger partial charge < -0.3 is 9.84 Å². The number of aromatic nitrogens is 2. The molecule has 2 rings (SSSR count). The topological polar surface area (TPSA) is 72.3 Å². The van der Waals surface area contributed by atoms with Crippen LogP contribution in [0.3, 0.4) is 0 Å². The van der Waals surface area contributed by atoms with E-state index < -0.39 is 0 Å². The molecule has 2 aromatic rings. The Balaban J connectivity index is 2.83. The van der Waals surface area contributed by atoms with Crippen molar-refractivity contribution in [3.63, 3.8) is 0 Å². The molecule has 0 aliphatic heterocycles. The summed E-state index contributed by atoms with van der Waals surface area (Å²) in [6.07, 6.45) is 1.59. The van der Waals surface area contributed by atoms with Gasteiger partial charge in [0.2, 0.25) is 0 Å². The fraction of sp³-hybridized carbons (Fsp3) is 0.308. The van der Waals surface area contributed by atoms with E-state index in [2.05, 4.69) is 10.2 Å². The van der Waals surface area contributed by atoms with Crippen LogP contribution in [0.5, 0.6) is 0 Å². The van der Waals surface area contributed by atoms with Gasteiger partial charge in [0, 0.05) is 10.8 Å². The molecule has 0 spiro atoms. The first kappa shape index (κ1) is 12.4. The molecular weight excluding hydrogens is 232 g/mol. The monoisotopic (exact) mass is 246 g/mol. The summed E-state index contributed by atoms with van der Waals surface area (Å²) < 4.78 is 4.78. The minimum absolute atomic E-state index is 0.180. The molecule has 0 atom stereocenters. The van der Waals surface area contributed by atoms with Crippen LogP contribution in [0, 0.1) is 13.8 Å². The maximum absolute atomic E-state index is 11.7. The predicted molar refractivity (Wildman–Crippen MR) is 66.3 cm³/mol. The third-order valence-corrected chi connectivity index (χ3v) is 3.04. The largest absolute Gasteiger partial charge is 0.465 e. The summed E-state index contributed by atoms with van der Waals surface area (Å²) in [6.45, 7) is 3.49. The van der Waals surface area contributed by atoms with Crippen LogP contribution in [0.15, 0.2) is 12.3 Å². The van der Waals surface area contributed by atoms with Gasteiger partial charge in [0.05, 0.1) is 31.2 Å². The first-order valence-electron chi connectivity index (χ1n) is 5.53. The highest BCUT2D eigenvalue weighted by atomic mass is 16.5. The molecule has 1 aromatic carbocycles. The maximum atomic E-state index is 11.7. The van der Waals surface area contributed by atoms with E-state index in [4.69, 9.17) is 4.74 Å². The Labute approximate surface area is 104 Å². The normalized spacial score (nSPS) is 10.7. The fourth-order valence-electron chi connectivity index (χ4n) is 2.15. The van der Waals surface area contributed by atoms with Crippen molar-refractivity contribution in [3.05, 3.63) is 34.6 Å². The molecule has 1 aromatic heterocycles. The third-order valence-electron chi connectivity index (χ3n) is 3.04. The van der Waals surface area contributed by atoms with E-state index in [0.29, 0.717) is 11.3 Å². The van der Waals surface area contributed by atoms with Gasteiger partial charge in [0.1, 0.15) is 0 Å². The van der Waals surface area contributed by atoms with Gasteiger partial charge >= 0.3 is 5.97 Å². The highest BCUT2D eigenvalue weighted by molar-refractivity contribution is 6.00. The van der Waals surface area contributed by atoms with Gasteiger partial charge in [0.25, 0.3) is 0 Å². The molecule has 18 heavy (non-hydrogen) atoms. The second-order valence-electron chi connectivity index (χ2n) is 4.10. The van der Waals surface area contributed by atoms with Crippen LogP contribution >= 0.6 is 0 Å². The minimum Gasteiger partial charge on any atom is -0.465 e. The fourth-order valence-corrected chi connectivity index (χ4v) is 2.15. The van der Waals surface area contributed by atoms with Crippen molar-refractivity contribution in [2.24, 2.45) is 0 Å². The van der Waals surface area contributed by atoms with Crippen LogP contribution in [0.4, 0.5) is 0 Å².